The summed E-state index contributed by atoms with van der Waals surface area (Å²) in [5.41, 5.74) is 6.59. The highest BCUT2D eigenvalue weighted by Gasteiger charge is 2.01. The molecule has 0 aromatic heterocycles. The van der Waals surface area contributed by atoms with Crippen LogP contribution >= 0.6 is 0 Å². The van der Waals surface area contributed by atoms with E-state index in [-0.39, 0.29) is 0 Å². The summed E-state index contributed by atoms with van der Waals surface area (Å²) in [6.07, 6.45) is 4.09. The van der Waals surface area contributed by atoms with Crippen LogP contribution in [0.1, 0.15) is 56.9 Å². The van der Waals surface area contributed by atoms with Gasteiger partial charge in [0, 0.05) is 0 Å². The van der Waals surface area contributed by atoms with Crippen LogP contribution in [-0.4, -0.2) is 0 Å². The molecule has 0 saturated heterocycles. The van der Waals surface area contributed by atoms with E-state index in [1.807, 2.05) is 33.8 Å². The highest BCUT2D eigenvalue weighted by Crippen LogP contribution is 2.20. The molecule has 1 rings (SSSR count). The summed E-state index contributed by atoms with van der Waals surface area (Å²) in [5.74, 6) is 0. The van der Waals surface area contributed by atoms with Gasteiger partial charge in [0.15, 0.2) is 0 Å². The molecule has 0 bridgehead atoms. The fraction of sp³-hybridized carbons (Fsp3) is 0.444. The molecule has 0 nitrogen and oxygen atoms in total. The van der Waals surface area contributed by atoms with Crippen molar-refractivity contribution in [2.45, 2.75) is 55.4 Å². The molecular formula is C18H30. The minimum atomic E-state index is 1.21. The van der Waals surface area contributed by atoms with Crippen LogP contribution in [0.25, 0.3) is 6.08 Å². The van der Waals surface area contributed by atoms with Crippen LogP contribution < -0.4 is 0 Å². The summed E-state index contributed by atoms with van der Waals surface area (Å²) in [7, 11) is 0. The summed E-state index contributed by atoms with van der Waals surface area (Å²) < 4.78 is 0. The maximum Gasteiger partial charge on any atom is -0.0193 e. The summed E-state index contributed by atoms with van der Waals surface area (Å²) in [5, 5.41) is 0. The van der Waals surface area contributed by atoms with Gasteiger partial charge in [0.25, 0.3) is 0 Å². The molecule has 0 heteroatoms. The molecule has 18 heavy (non-hydrogen) atoms. The van der Waals surface area contributed by atoms with Crippen molar-refractivity contribution in [3.8, 4) is 0 Å². The van der Waals surface area contributed by atoms with Crippen LogP contribution in [0.5, 0.6) is 0 Å². The zero-order valence-corrected chi connectivity index (χ0v) is 13.5. The maximum absolute atomic E-state index is 3.77. The van der Waals surface area contributed by atoms with E-state index >= 15 is 0 Å². The van der Waals surface area contributed by atoms with Gasteiger partial charge in [-0.3, -0.25) is 0 Å². The van der Waals surface area contributed by atoms with Crippen molar-refractivity contribution in [1.82, 2.24) is 0 Å². The fourth-order valence-corrected chi connectivity index (χ4v) is 1.48. The normalized spacial score (nSPS) is 9.67. The lowest BCUT2D eigenvalue weighted by atomic mass is 9.97. The Morgan fingerprint density at radius 2 is 1.39 bits per heavy atom. The number of aryl methyl sites for hydroxylation is 2. The molecule has 0 aliphatic rings. The summed E-state index contributed by atoms with van der Waals surface area (Å²) >= 11 is 0. The van der Waals surface area contributed by atoms with E-state index < -0.39 is 0 Å². The Bertz CT molecular complexity index is 381. The van der Waals surface area contributed by atoms with E-state index in [1.54, 1.807) is 0 Å². The second kappa shape index (κ2) is 10.8. The van der Waals surface area contributed by atoms with Gasteiger partial charge in [-0.05, 0) is 49.9 Å². The molecule has 0 spiro atoms. The van der Waals surface area contributed by atoms with Gasteiger partial charge in [-0.15, -0.1) is 0 Å². The van der Waals surface area contributed by atoms with Crippen molar-refractivity contribution in [2.75, 3.05) is 0 Å². The molecular weight excluding hydrogens is 216 g/mol. The Morgan fingerprint density at radius 1 is 0.944 bits per heavy atom. The van der Waals surface area contributed by atoms with Crippen LogP contribution in [0.15, 0.2) is 30.4 Å². The van der Waals surface area contributed by atoms with Gasteiger partial charge in [-0.1, -0.05) is 64.1 Å². The highest BCUT2D eigenvalue weighted by molar-refractivity contribution is 5.62. The largest absolute Gasteiger partial charge is 0.0988 e. The van der Waals surface area contributed by atoms with Gasteiger partial charge in [-0.25, -0.2) is 0 Å². The minimum Gasteiger partial charge on any atom is -0.0988 e. The van der Waals surface area contributed by atoms with Gasteiger partial charge in [0.2, 0.25) is 0 Å². The summed E-state index contributed by atoms with van der Waals surface area (Å²) in [6.45, 7) is 20.3. The smallest absolute Gasteiger partial charge is 0.0193 e. The first-order chi connectivity index (χ1) is 8.56. The molecule has 1 aromatic rings. The second-order valence-electron chi connectivity index (χ2n) is 3.83. The molecule has 0 aliphatic heterocycles. The lowest BCUT2D eigenvalue weighted by Gasteiger charge is -2.09. The molecule has 0 unspecified atom stereocenters. The average molecular weight is 246 g/mol. The molecule has 0 fully saturated rings. The Balaban J connectivity index is 0. The number of rotatable bonds is 2. The Hall–Kier alpha value is -1.30. The van der Waals surface area contributed by atoms with Crippen molar-refractivity contribution in [3.05, 3.63) is 52.6 Å². The lowest BCUT2D eigenvalue weighted by molar-refractivity contribution is 1.28. The van der Waals surface area contributed by atoms with E-state index in [1.165, 1.54) is 27.8 Å². The van der Waals surface area contributed by atoms with E-state index in [4.69, 9.17) is 0 Å². The van der Waals surface area contributed by atoms with Gasteiger partial charge < -0.3 is 0 Å². The van der Waals surface area contributed by atoms with Crippen LogP contribution in [-0.2, 0) is 0 Å². The molecule has 0 N–H and O–H groups in total. The van der Waals surface area contributed by atoms with Crippen LogP contribution in [0.4, 0.5) is 0 Å². The van der Waals surface area contributed by atoms with Gasteiger partial charge in [0.05, 0.1) is 0 Å². The van der Waals surface area contributed by atoms with Gasteiger partial charge in [0.1, 0.15) is 0 Å². The molecule has 0 radical (unpaired) electrons. The van der Waals surface area contributed by atoms with Crippen molar-refractivity contribution in [1.29, 1.82) is 0 Å². The number of benzene rings is 1. The zero-order chi connectivity index (χ0) is 14.7. The van der Waals surface area contributed by atoms with E-state index in [0.717, 1.165) is 0 Å². The van der Waals surface area contributed by atoms with E-state index in [9.17, 15) is 0 Å². The van der Waals surface area contributed by atoms with Crippen molar-refractivity contribution in [3.63, 3.8) is 0 Å². The molecule has 0 amide bonds. The maximum atomic E-state index is 3.77. The van der Waals surface area contributed by atoms with Crippen molar-refractivity contribution in [2.24, 2.45) is 0 Å². The second-order valence-corrected chi connectivity index (χ2v) is 3.83. The van der Waals surface area contributed by atoms with E-state index in [0.29, 0.717) is 0 Å². The van der Waals surface area contributed by atoms with E-state index in [2.05, 4.69) is 52.5 Å². The fourth-order valence-electron chi connectivity index (χ4n) is 1.48. The SMILES string of the molecule is C=C/C(C)=C/c1c(C)ccc(C)c1C.CC.CC. The Labute approximate surface area is 114 Å². The third kappa shape index (κ3) is 5.86. The minimum absolute atomic E-state index is 1.21. The molecule has 0 aliphatic carbocycles. The highest BCUT2D eigenvalue weighted by atomic mass is 14.1. The Kier molecular flexibility index (Phi) is 11.5. The monoisotopic (exact) mass is 246 g/mol. The molecule has 0 saturated carbocycles. The van der Waals surface area contributed by atoms with Crippen LogP contribution in [0.3, 0.4) is 0 Å². The first-order valence-electron chi connectivity index (χ1n) is 6.93. The predicted molar refractivity (Wildman–Crippen MR) is 87.2 cm³/mol. The number of allylic oxidation sites excluding steroid dienone is 2. The standard InChI is InChI=1S/C14H18.2C2H6/c1-6-10(2)9-14-12(4)8-7-11(3)13(14)5;2*1-2/h6-9H,1H2,2-5H3;2*1-2H3/b10-9+;;. The molecule has 0 heterocycles. The first-order valence-corrected chi connectivity index (χ1v) is 6.93. The third-order valence-corrected chi connectivity index (χ3v) is 2.70. The van der Waals surface area contributed by atoms with Crippen LogP contribution in [0, 0.1) is 20.8 Å². The van der Waals surface area contributed by atoms with Gasteiger partial charge >= 0.3 is 0 Å². The zero-order valence-electron chi connectivity index (χ0n) is 13.5. The Morgan fingerprint density at radius 3 is 1.83 bits per heavy atom. The molecule has 0 atom stereocenters. The van der Waals surface area contributed by atoms with Crippen molar-refractivity contribution >= 4 is 6.08 Å². The van der Waals surface area contributed by atoms with Crippen molar-refractivity contribution < 1.29 is 0 Å². The average Bonchev–Trinajstić information content (AvgIpc) is 2.43. The quantitative estimate of drug-likeness (QED) is 0.541. The number of hydrogen-bond acceptors (Lipinski definition) is 0. The number of hydrogen-bond donors (Lipinski definition) is 0. The molecule has 1 aromatic carbocycles. The predicted octanol–water partition coefficient (Wildman–Crippen LogP) is 6.25. The summed E-state index contributed by atoms with van der Waals surface area (Å²) in [6, 6.07) is 4.34. The molecule has 102 valence electrons. The van der Waals surface area contributed by atoms with Crippen LogP contribution in [0.2, 0.25) is 0 Å². The first kappa shape index (κ1) is 19.0. The summed E-state index contributed by atoms with van der Waals surface area (Å²) in [4.78, 5) is 0. The topological polar surface area (TPSA) is 0 Å². The lowest BCUT2D eigenvalue weighted by Crippen LogP contribution is -1.90. The third-order valence-electron chi connectivity index (χ3n) is 2.70. The van der Waals surface area contributed by atoms with Gasteiger partial charge in [-0.2, -0.15) is 0 Å².